The van der Waals surface area contributed by atoms with E-state index in [4.69, 9.17) is 0 Å². The van der Waals surface area contributed by atoms with Gasteiger partial charge in [-0.1, -0.05) is 0 Å². The Labute approximate surface area is 154 Å². The van der Waals surface area contributed by atoms with Crippen LogP contribution in [0.25, 0.3) is 0 Å². The normalized spacial score (nSPS) is 16.4. The van der Waals surface area contributed by atoms with E-state index in [0.29, 0.717) is 5.69 Å². The molecule has 1 N–H and O–H groups in total. The number of sulfone groups is 1. The molecular weight excluding hydrogens is 374 g/mol. The molecule has 1 aliphatic heterocycles. The summed E-state index contributed by atoms with van der Waals surface area (Å²) in [5.74, 6) is -0.996. The van der Waals surface area contributed by atoms with Crippen molar-refractivity contribution in [2.75, 3.05) is 16.5 Å². The Balaban J connectivity index is 2.06. The number of hydrogen-bond acceptors (Lipinski definition) is 6. The minimum Gasteiger partial charge on any atom is -0.322 e. The van der Waals surface area contributed by atoms with E-state index in [2.05, 4.69) is 5.32 Å². The number of hydrogen-bond donors (Lipinski definition) is 1. The summed E-state index contributed by atoms with van der Waals surface area (Å²) in [5.41, 5.74) is 0.559. The first-order valence-electron chi connectivity index (χ1n) is 7.82. The molecule has 0 aromatic heterocycles. The van der Waals surface area contributed by atoms with Crippen LogP contribution in [0.15, 0.2) is 47.4 Å². The van der Waals surface area contributed by atoms with E-state index in [1.807, 2.05) is 0 Å². The molecule has 1 unspecified atom stereocenters. The molecule has 1 atom stereocenters. The van der Waals surface area contributed by atoms with Gasteiger partial charge in [0.05, 0.1) is 21.2 Å². The third kappa shape index (κ3) is 3.38. The van der Waals surface area contributed by atoms with Crippen molar-refractivity contribution in [3.8, 4) is 0 Å². The van der Waals surface area contributed by atoms with Crippen LogP contribution in [0.2, 0.25) is 0 Å². The second kappa shape index (κ2) is 6.47. The highest BCUT2D eigenvalue weighted by atomic mass is 32.2. The van der Waals surface area contributed by atoms with Gasteiger partial charge in [-0.2, -0.15) is 0 Å². The van der Waals surface area contributed by atoms with Gasteiger partial charge in [0.2, 0.25) is 5.91 Å². The fourth-order valence-corrected chi connectivity index (χ4v) is 3.42. The van der Waals surface area contributed by atoms with Crippen molar-refractivity contribution >= 4 is 38.7 Å². The summed E-state index contributed by atoms with van der Waals surface area (Å²) < 4.78 is 23.5. The van der Waals surface area contributed by atoms with Gasteiger partial charge in [-0.15, -0.1) is 0 Å². The molecule has 27 heavy (non-hydrogen) atoms. The molecule has 3 rings (SSSR count). The lowest BCUT2D eigenvalue weighted by Gasteiger charge is -2.34. The van der Waals surface area contributed by atoms with Crippen molar-refractivity contribution in [2.24, 2.45) is 0 Å². The van der Waals surface area contributed by atoms with Crippen molar-refractivity contribution in [3.63, 3.8) is 0 Å². The predicted molar refractivity (Wildman–Crippen MR) is 97.5 cm³/mol. The predicted octanol–water partition coefficient (Wildman–Crippen LogP) is 1.99. The number of non-ortho nitro benzene ring substituents is 1. The van der Waals surface area contributed by atoms with Crippen molar-refractivity contribution in [1.29, 1.82) is 0 Å². The van der Waals surface area contributed by atoms with E-state index in [-0.39, 0.29) is 21.8 Å². The van der Waals surface area contributed by atoms with Crippen LogP contribution in [-0.2, 0) is 14.6 Å². The number of nitro benzene ring substituents is 1. The van der Waals surface area contributed by atoms with Crippen LogP contribution >= 0.6 is 0 Å². The average Bonchev–Trinajstić information content (AvgIpc) is 2.61. The zero-order valence-electron chi connectivity index (χ0n) is 14.4. The maximum absolute atomic E-state index is 12.9. The lowest BCUT2D eigenvalue weighted by atomic mass is 10.1. The number of nitrogens with zero attached hydrogens (tertiary/aromatic N) is 2. The van der Waals surface area contributed by atoms with Gasteiger partial charge in [0, 0.05) is 24.0 Å². The first-order chi connectivity index (χ1) is 12.6. The van der Waals surface area contributed by atoms with Gasteiger partial charge in [0.1, 0.15) is 6.04 Å². The Morgan fingerprint density at radius 1 is 1.19 bits per heavy atom. The second-order valence-corrected chi connectivity index (χ2v) is 8.11. The highest BCUT2D eigenvalue weighted by Gasteiger charge is 2.35. The maximum Gasteiger partial charge on any atom is 0.269 e. The smallest absolute Gasteiger partial charge is 0.269 e. The molecule has 10 heteroatoms. The van der Waals surface area contributed by atoms with Crippen molar-refractivity contribution in [3.05, 3.63) is 58.1 Å². The number of rotatable bonds is 3. The SMILES string of the molecule is CC1C(=O)Nc2cc(S(C)(=O)=O)ccc2N1C(=O)c1ccc([N+](=O)[O-])cc1. The number of nitro groups is 1. The Hall–Kier alpha value is -3.27. The van der Waals surface area contributed by atoms with Crippen LogP contribution in [0.3, 0.4) is 0 Å². The van der Waals surface area contributed by atoms with Crippen LogP contribution in [0.4, 0.5) is 17.1 Å². The Bertz CT molecular complexity index is 1060. The van der Waals surface area contributed by atoms with E-state index >= 15 is 0 Å². The second-order valence-electron chi connectivity index (χ2n) is 6.10. The minimum absolute atomic E-state index is 0.0128. The number of amides is 2. The topological polar surface area (TPSA) is 127 Å². The molecule has 1 heterocycles. The van der Waals surface area contributed by atoms with Crippen LogP contribution in [0.1, 0.15) is 17.3 Å². The molecule has 0 radical (unpaired) electrons. The summed E-state index contributed by atoms with van der Waals surface area (Å²) in [6.45, 7) is 1.53. The summed E-state index contributed by atoms with van der Waals surface area (Å²) >= 11 is 0. The number of benzene rings is 2. The van der Waals surface area contributed by atoms with E-state index in [0.717, 1.165) is 6.26 Å². The molecule has 1 aliphatic rings. The van der Waals surface area contributed by atoms with Crippen LogP contribution in [0, 0.1) is 10.1 Å². The lowest BCUT2D eigenvalue weighted by Crippen LogP contribution is -2.49. The molecule has 0 saturated carbocycles. The Kier molecular flexibility index (Phi) is 4.44. The molecule has 0 spiro atoms. The summed E-state index contributed by atoms with van der Waals surface area (Å²) in [7, 11) is -3.49. The van der Waals surface area contributed by atoms with Crippen molar-refractivity contribution in [2.45, 2.75) is 17.9 Å². The highest BCUT2D eigenvalue weighted by molar-refractivity contribution is 7.90. The van der Waals surface area contributed by atoms with Gasteiger partial charge in [0.25, 0.3) is 11.6 Å². The number of carbonyl (C=O) groups excluding carboxylic acids is 2. The van der Waals surface area contributed by atoms with Gasteiger partial charge in [-0.3, -0.25) is 24.6 Å². The van der Waals surface area contributed by atoms with Crippen LogP contribution in [-0.4, -0.2) is 37.5 Å². The van der Waals surface area contributed by atoms with Gasteiger partial charge in [-0.05, 0) is 37.3 Å². The van der Waals surface area contributed by atoms with Crippen molar-refractivity contribution in [1.82, 2.24) is 0 Å². The standard InChI is InChI=1S/C17H15N3O6S/c1-10-16(21)18-14-9-13(27(2,25)26)7-8-15(14)19(10)17(22)11-3-5-12(6-4-11)20(23)24/h3-10H,1-2H3,(H,18,21). The summed E-state index contributed by atoms with van der Waals surface area (Å²) in [6, 6.07) is 8.29. The third-order valence-electron chi connectivity index (χ3n) is 4.22. The first-order valence-corrected chi connectivity index (χ1v) is 9.71. The summed E-state index contributed by atoms with van der Waals surface area (Å²) in [5, 5.41) is 13.4. The van der Waals surface area contributed by atoms with Crippen molar-refractivity contribution < 1.29 is 22.9 Å². The molecule has 140 valence electrons. The zero-order chi connectivity index (χ0) is 19.9. The monoisotopic (exact) mass is 389 g/mol. The number of fused-ring (bicyclic) bond motifs is 1. The molecule has 0 aliphatic carbocycles. The molecule has 2 aromatic carbocycles. The van der Waals surface area contributed by atoms with E-state index in [1.165, 1.54) is 54.3 Å². The van der Waals surface area contributed by atoms with E-state index in [9.17, 15) is 28.1 Å². The molecule has 0 bridgehead atoms. The average molecular weight is 389 g/mol. The molecule has 0 fully saturated rings. The molecule has 2 aromatic rings. The third-order valence-corrected chi connectivity index (χ3v) is 5.33. The Morgan fingerprint density at radius 3 is 2.37 bits per heavy atom. The fourth-order valence-electron chi connectivity index (χ4n) is 2.77. The minimum atomic E-state index is -3.49. The molecule has 0 saturated heterocycles. The van der Waals surface area contributed by atoms with Crippen LogP contribution < -0.4 is 10.2 Å². The van der Waals surface area contributed by atoms with Gasteiger partial charge >= 0.3 is 0 Å². The van der Waals surface area contributed by atoms with Gasteiger partial charge < -0.3 is 5.32 Å². The first kappa shape index (κ1) is 18.5. The van der Waals surface area contributed by atoms with E-state index in [1.54, 1.807) is 0 Å². The highest BCUT2D eigenvalue weighted by Crippen LogP contribution is 2.35. The Morgan fingerprint density at radius 2 is 1.81 bits per heavy atom. The number of anilines is 2. The summed E-state index contributed by atoms with van der Waals surface area (Å²) in [4.78, 5) is 36.6. The van der Waals surface area contributed by atoms with Gasteiger partial charge in [0.15, 0.2) is 9.84 Å². The molecular formula is C17H15N3O6S. The van der Waals surface area contributed by atoms with E-state index < -0.39 is 32.6 Å². The largest absolute Gasteiger partial charge is 0.322 e. The summed E-state index contributed by atoms with van der Waals surface area (Å²) in [6.07, 6.45) is 1.04. The number of nitrogens with one attached hydrogen (secondary N) is 1. The lowest BCUT2D eigenvalue weighted by molar-refractivity contribution is -0.384. The van der Waals surface area contributed by atoms with Gasteiger partial charge in [-0.25, -0.2) is 8.42 Å². The molecule has 9 nitrogen and oxygen atoms in total. The molecule has 2 amide bonds. The zero-order valence-corrected chi connectivity index (χ0v) is 15.2. The fraction of sp³-hybridized carbons (Fsp3) is 0.176. The maximum atomic E-state index is 12.9. The number of carbonyl (C=O) groups is 2. The van der Waals surface area contributed by atoms with Crippen LogP contribution in [0.5, 0.6) is 0 Å². The quantitative estimate of drug-likeness (QED) is 0.632.